The van der Waals surface area contributed by atoms with Crippen LogP contribution in [0.4, 0.5) is 0 Å². The molecule has 0 spiro atoms. The van der Waals surface area contributed by atoms with Crippen molar-refractivity contribution in [3.63, 3.8) is 0 Å². The number of aromatic nitrogens is 3. The lowest BCUT2D eigenvalue weighted by atomic mass is 10.2. The topological polar surface area (TPSA) is 96.2 Å². The van der Waals surface area contributed by atoms with Crippen molar-refractivity contribution < 1.29 is 13.9 Å². The quantitative estimate of drug-likeness (QED) is 0.376. The van der Waals surface area contributed by atoms with Crippen LogP contribution in [0.2, 0.25) is 5.02 Å². The number of halogens is 1. The van der Waals surface area contributed by atoms with Crippen LogP contribution in [0.25, 0.3) is 11.4 Å². The molecule has 0 bridgehead atoms. The summed E-state index contributed by atoms with van der Waals surface area (Å²) in [7, 11) is 0. The Morgan fingerprint density at radius 1 is 1.13 bits per heavy atom. The van der Waals surface area contributed by atoms with E-state index in [1.807, 2.05) is 59.2 Å². The van der Waals surface area contributed by atoms with E-state index in [9.17, 15) is 4.79 Å². The predicted molar refractivity (Wildman–Crippen MR) is 119 cm³/mol. The molecular formula is C22H19ClN4O3S. The molecule has 2 N–H and O–H groups in total. The van der Waals surface area contributed by atoms with Gasteiger partial charge in [-0.05, 0) is 54.1 Å². The van der Waals surface area contributed by atoms with Crippen LogP contribution in [-0.2, 0) is 17.1 Å². The standard InChI is InChI=1S/C22H19ClN4O3S/c23-17-8-6-16(7-9-17)21-25-26-22(27(21)12-19-5-2-10-29-19)31-14-15-3-1-4-18(11-15)30-13-20(24)28/h1-11H,12-14H2,(H2,24,28). The van der Waals surface area contributed by atoms with Crippen molar-refractivity contribution in [2.24, 2.45) is 5.73 Å². The van der Waals surface area contributed by atoms with Gasteiger partial charge >= 0.3 is 0 Å². The molecule has 0 saturated carbocycles. The normalized spacial score (nSPS) is 10.9. The molecule has 0 unspecified atom stereocenters. The molecule has 4 aromatic rings. The number of nitrogens with two attached hydrogens (primary N) is 1. The minimum absolute atomic E-state index is 0.154. The molecule has 0 aliphatic rings. The number of nitrogens with zero attached hydrogens (tertiary/aromatic N) is 3. The second-order valence-electron chi connectivity index (χ2n) is 6.67. The van der Waals surface area contributed by atoms with E-state index in [2.05, 4.69) is 10.2 Å². The zero-order valence-electron chi connectivity index (χ0n) is 16.4. The molecular weight excluding hydrogens is 436 g/mol. The molecule has 0 radical (unpaired) electrons. The first-order valence-corrected chi connectivity index (χ1v) is 10.8. The Balaban J connectivity index is 1.56. The predicted octanol–water partition coefficient (Wildman–Crippen LogP) is 4.40. The van der Waals surface area contributed by atoms with Gasteiger partial charge in [0.25, 0.3) is 5.91 Å². The number of ether oxygens (including phenoxy) is 1. The molecule has 0 atom stereocenters. The van der Waals surface area contributed by atoms with Crippen LogP contribution in [0.1, 0.15) is 11.3 Å². The maximum absolute atomic E-state index is 10.9. The van der Waals surface area contributed by atoms with Gasteiger partial charge in [-0.1, -0.05) is 35.5 Å². The molecule has 4 rings (SSSR count). The maximum Gasteiger partial charge on any atom is 0.255 e. The van der Waals surface area contributed by atoms with Gasteiger partial charge in [0.05, 0.1) is 12.8 Å². The molecule has 2 heterocycles. The summed E-state index contributed by atoms with van der Waals surface area (Å²) in [6.07, 6.45) is 1.64. The Kier molecular flexibility index (Phi) is 6.59. The van der Waals surface area contributed by atoms with Crippen molar-refractivity contribution in [2.75, 3.05) is 6.61 Å². The molecule has 9 heteroatoms. The monoisotopic (exact) mass is 454 g/mol. The van der Waals surface area contributed by atoms with Gasteiger partial charge < -0.3 is 14.9 Å². The third-order valence-electron chi connectivity index (χ3n) is 4.36. The van der Waals surface area contributed by atoms with Crippen molar-refractivity contribution in [2.45, 2.75) is 17.5 Å². The Morgan fingerprint density at radius 2 is 1.97 bits per heavy atom. The largest absolute Gasteiger partial charge is 0.484 e. The van der Waals surface area contributed by atoms with E-state index in [0.29, 0.717) is 23.1 Å². The average molecular weight is 455 g/mol. The maximum atomic E-state index is 10.9. The Labute approximate surface area is 188 Å². The van der Waals surface area contributed by atoms with Crippen LogP contribution in [0.15, 0.2) is 76.5 Å². The molecule has 1 amide bonds. The first kappa shape index (κ1) is 21.0. The number of rotatable bonds is 9. The number of carbonyl (C=O) groups excluding carboxylic acids is 1. The Bertz CT molecular complexity index is 1160. The van der Waals surface area contributed by atoms with E-state index in [1.165, 1.54) is 0 Å². The summed E-state index contributed by atoms with van der Waals surface area (Å²) in [6, 6.07) is 18.8. The van der Waals surface area contributed by atoms with Crippen LogP contribution in [-0.4, -0.2) is 27.3 Å². The van der Waals surface area contributed by atoms with Gasteiger partial charge in [-0.25, -0.2) is 0 Å². The molecule has 0 fully saturated rings. The first-order chi connectivity index (χ1) is 15.1. The minimum Gasteiger partial charge on any atom is -0.484 e. The molecule has 0 aliphatic heterocycles. The zero-order chi connectivity index (χ0) is 21.6. The Hall–Kier alpha value is -3.23. The number of furan rings is 1. The highest BCUT2D eigenvalue weighted by Gasteiger charge is 2.16. The van der Waals surface area contributed by atoms with Gasteiger partial charge in [0.1, 0.15) is 11.5 Å². The van der Waals surface area contributed by atoms with E-state index >= 15 is 0 Å². The SMILES string of the molecule is NC(=O)COc1cccc(CSc2nnc(-c3ccc(Cl)cc3)n2Cc2ccco2)c1. The van der Waals surface area contributed by atoms with E-state index < -0.39 is 5.91 Å². The van der Waals surface area contributed by atoms with Crippen molar-refractivity contribution in [3.05, 3.63) is 83.3 Å². The van der Waals surface area contributed by atoms with Crippen molar-refractivity contribution >= 4 is 29.3 Å². The summed E-state index contributed by atoms with van der Waals surface area (Å²) in [5.41, 5.74) is 7.08. The van der Waals surface area contributed by atoms with Gasteiger partial charge in [-0.2, -0.15) is 0 Å². The summed E-state index contributed by atoms with van der Waals surface area (Å²) in [4.78, 5) is 10.9. The second kappa shape index (κ2) is 9.72. The molecule has 2 aromatic carbocycles. The fourth-order valence-electron chi connectivity index (χ4n) is 2.94. The fourth-order valence-corrected chi connectivity index (χ4v) is 3.94. The highest BCUT2D eigenvalue weighted by atomic mass is 35.5. The van der Waals surface area contributed by atoms with E-state index in [-0.39, 0.29) is 6.61 Å². The van der Waals surface area contributed by atoms with Crippen molar-refractivity contribution in [1.82, 2.24) is 14.8 Å². The van der Waals surface area contributed by atoms with Crippen molar-refractivity contribution in [3.8, 4) is 17.1 Å². The number of benzene rings is 2. The number of hydrogen-bond donors (Lipinski definition) is 1. The summed E-state index contributed by atoms with van der Waals surface area (Å²) < 4.78 is 12.9. The lowest BCUT2D eigenvalue weighted by Crippen LogP contribution is -2.20. The molecule has 158 valence electrons. The van der Waals surface area contributed by atoms with E-state index in [0.717, 1.165) is 27.9 Å². The van der Waals surface area contributed by atoms with Crippen LogP contribution in [0.5, 0.6) is 5.75 Å². The lowest BCUT2D eigenvalue weighted by molar-refractivity contribution is -0.119. The third-order valence-corrected chi connectivity index (χ3v) is 5.65. The summed E-state index contributed by atoms with van der Waals surface area (Å²) in [5.74, 6) is 2.26. The van der Waals surface area contributed by atoms with Crippen LogP contribution in [0.3, 0.4) is 0 Å². The van der Waals surface area contributed by atoms with E-state index in [4.69, 9.17) is 26.5 Å². The smallest absolute Gasteiger partial charge is 0.255 e. The summed E-state index contributed by atoms with van der Waals surface area (Å²) >= 11 is 7.58. The summed E-state index contributed by atoms with van der Waals surface area (Å²) in [5, 5.41) is 10.2. The molecule has 0 saturated heterocycles. The molecule has 31 heavy (non-hydrogen) atoms. The van der Waals surface area contributed by atoms with Gasteiger partial charge in [-0.3, -0.25) is 9.36 Å². The molecule has 0 aliphatic carbocycles. The Morgan fingerprint density at radius 3 is 2.71 bits per heavy atom. The van der Waals surface area contributed by atoms with Crippen LogP contribution in [0, 0.1) is 0 Å². The molecule has 2 aromatic heterocycles. The number of thioether (sulfide) groups is 1. The number of carbonyl (C=O) groups is 1. The second-order valence-corrected chi connectivity index (χ2v) is 8.05. The zero-order valence-corrected chi connectivity index (χ0v) is 18.0. The highest BCUT2D eigenvalue weighted by molar-refractivity contribution is 7.98. The number of hydrogen-bond acceptors (Lipinski definition) is 6. The van der Waals surface area contributed by atoms with Crippen molar-refractivity contribution in [1.29, 1.82) is 0 Å². The average Bonchev–Trinajstić information content (AvgIpc) is 3.42. The first-order valence-electron chi connectivity index (χ1n) is 9.43. The number of primary amides is 1. The van der Waals surface area contributed by atoms with E-state index in [1.54, 1.807) is 24.1 Å². The van der Waals surface area contributed by atoms with Gasteiger partial charge in [0.15, 0.2) is 17.6 Å². The lowest BCUT2D eigenvalue weighted by Gasteiger charge is -2.10. The molecule has 7 nitrogen and oxygen atoms in total. The summed E-state index contributed by atoms with van der Waals surface area (Å²) in [6.45, 7) is 0.348. The fraction of sp³-hybridized carbons (Fsp3) is 0.136. The minimum atomic E-state index is -0.513. The van der Waals surface area contributed by atoms with Gasteiger partial charge in [-0.15, -0.1) is 10.2 Å². The van der Waals surface area contributed by atoms with Crippen LogP contribution < -0.4 is 10.5 Å². The number of amides is 1. The van der Waals surface area contributed by atoms with Crippen LogP contribution >= 0.6 is 23.4 Å². The van der Waals surface area contributed by atoms with Gasteiger partial charge in [0, 0.05) is 16.3 Å². The highest BCUT2D eigenvalue weighted by Crippen LogP contribution is 2.29. The third kappa shape index (κ3) is 5.48. The van der Waals surface area contributed by atoms with Gasteiger partial charge in [0.2, 0.25) is 0 Å².